The predicted molar refractivity (Wildman–Crippen MR) is 94.8 cm³/mol. The van der Waals surface area contributed by atoms with Crippen LogP contribution in [-0.2, 0) is 9.59 Å². The van der Waals surface area contributed by atoms with Crippen molar-refractivity contribution >= 4 is 23.2 Å². The number of nitrogens with zero attached hydrogens (tertiary/aromatic N) is 1. The molecule has 0 radical (unpaired) electrons. The Balaban J connectivity index is 1.74. The second kappa shape index (κ2) is 6.47. The molecule has 0 atom stereocenters. The molecule has 1 heterocycles. The van der Waals surface area contributed by atoms with Crippen LogP contribution in [0, 0.1) is 5.41 Å². The first kappa shape index (κ1) is 16.8. The predicted octanol–water partition coefficient (Wildman–Crippen LogP) is 3.04. The molecule has 25 heavy (non-hydrogen) atoms. The van der Waals surface area contributed by atoms with Crippen LogP contribution in [0.2, 0.25) is 0 Å². The Labute approximate surface area is 146 Å². The summed E-state index contributed by atoms with van der Waals surface area (Å²) in [6, 6.07) is 14.3. The normalized spacial score (nSPS) is 12.6. The first-order valence-electron chi connectivity index (χ1n) is 7.94. The molecule has 2 amide bonds. The second-order valence-corrected chi connectivity index (χ2v) is 6.35. The van der Waals surface area contributed by atoms with Gasteiger partial charge in [0.2, 0.25) is 18.6 Å². The highest BCUT2D eigenvalue weighted by Gasteiger charge is 2.38. The Morgan fingerprint density at radius 1 is 1.04 bits per heavy atom. The van der Waals surface area contributed by atoms with E-state index in [1.54, 1.807) is 39.1 Å². The summed E-state index contributed by atoms with van der Waals surface area (Å²) in [5.74, 6) is 0.525. The van der Waals surface area contributed by atoms with Gasteiger partial charge in [-0.15, -0.1) is 0 Å². The maximum atomic E-state index is 12.8. The van der Waals surface area contributed by atoms with Gasteiger partial charge in [0, 0.05) is 24.5 Å². The molecular formula is C19H20N2O4. The first-order chi connectivity index (χ1) is 11.9. The van der Waals surface area contributed by atoms with E-state index in [-0.39, 0.29) is 18.6 Å². The second-order valence-electron chi connectivity index (χ2n) is 6.35. The van der Waals surface area contributed by atoms with Gasteiger partial charge in [-0.2, -0.15) is 0 Å². The van der Waals surface area contributed by atoms with E-state index in [0.717, 1.165) is 5.69 Å². The maximum absolute atomic E-state index is 12.8. The Bertz CT molecular complexity index is 802. The van der Waals surface area contributed by atoms with Crippen molar-refractivity contribution in [1.82, 2.24) is 0 Å². The molecule has 1 aliphatic rings. The van der Waals surface area contributed by atoms with E-state index in [9.17, 15) is 9.59 Å². The summed E-state index contributed by atoms with van der Waals surface area (Å²) in [6.45, 7) is 3.38. The van der Waals surface area contributed by atoms with Crippen molar-refractivity contribution in [2.45, 2.75) is 13.8 Å². The third kappa shape index (κ3) is 3.28. The van der Waals surface area contributed by atoms with Crippen molar-refractivity contribution < 1.29 is 19.1 Å². The largest absolute Gasteiger partial charge is 0.454 e. The first-order valence-corrected chi connectivity index (χ1v) is 7.94. The smallest absolute Gasteiger partial charge is 0.241 e. The molecule has 0 bridgehead atoms. The Kier molecular flexibility index (Phi) is 4.35. The number of benzene rings is 2. The number of rotatable bonds is 4. The molecule has 0 aromatic heterocycles. The molecule has 6 heteroatoms. The van der Waals surface area contributed by atoms with Crippen LogP contribution in [0.1, 0.15) is 13.8 Å². The lowest BCUT2D eigenvalue weighted by Gasteiger charge is -2.28. The van der Waals surface area contributed by atoms with Crippen LogP contribution in [0.3, 0.4) is 0 Å². The highest BCUT2D eigenvalue weighted by molar-refractivity contribution is 6.14. The zero-order valence-electron chi connectivity index (χ0n) is 14.4. The van der Waals surface area contributed by atoms with Crippen LogP contribution in [0.5, 0.6) is 11.5 Å². The topological polar surface area (TPSA) is 67.9 Å². The molecule has 0 spiro atoms. The molecule has 1 N–H and O–H groups in total. The van der Waals surface area contributed by atoms with E-state index in [0.29, 0.717) is 17.2 Å². The lowest BCUT2D eigenvalue weighted by Crippen LogP contribution is -2.46. The van der Waals surface area contributed by atoms with Crippen molar-refractivity contribution in [3.05, 3.63) is 48.5 Å². The minimum absolute atomic E-state index is 0.165. The summed E-state index contributed by atoms with van der Waals surface area (Å²) in [7, 11) is 1.66. The summed E-state index contributed by atoms with van der Waals surface area (Å²) in [4.78, 5) is 27.0. The maximum Gasteiger partial charge on any atom is 0.241 e. The fourth-order valence-electron chi connectivity index (χ4n) is 2.55. The molecule has 2 aromatic carbocycles. The third-order valence-electron chi connectivity index (χ3n) is 4.18. The minimum atomic E-state index is -1.24. The number of para-hydroxylation sites is 1. The van der Waals surface area contributed by atoms with Crippen molar-refractivity contribution in [1.29, 1.82) is 0 Å². The van der Waals surface area contributed by atoms with Crippen LogP contribution >= 0.6 is 0 Å². The number of carbonyl (C=O) groups is 2. The molecule has 3 rings (SSSR count). The fourth-order valence-corrected chi connectivity index (χ4v) is 2.55. The average molecular weight is 340 g/mol. The Morgan fingerprint density at radius 3 is 2.44 bits per heavy atom. The summed E-state index contributed by atoms with van der Waals surface area (Å²) in [6.07, 6.45) is 0. The standard InChI is InChI=1S/C19H20N2O4/c1-19(2,18(23)21(3)14-7-5-4-6-8-14)17(22)20-13-9-10-15-16(11-13)25-12-24-15/h4-11H,12H2,1-3H3,(H,20,22). The Morgan fingerprint density at radius 2 is 1.72 bits per heavy atom. The Hall–Kier alpha value is -3.02. The van der Waals surface area contributed by atoms with Crippen molar-refractivity contribution in [3.8, 4) is 11.5 Å². The van der Waals surface area contributed by atoms with Crippen molar-refractivity contribution in [3.63, 3.8) is 0 Å². The molecule has 0 fully saturated rings. The average Bonchev–Trinajstić information content (AvgIpc) is 3.08. The number of ether oxygens (including phenoxy) is 2. The van der Waals surface area contributed by atoms with Gasteiger partial charge in [-0.1, -0.05) is 18.2 Å². The number of amides is 2. The van der Waals surface area contributed by atoms with E-state index in [4.69, 9.17) is 9.47 Å². The van der Waals surface area contributed by atoms with Crippen LogP contribution < -0.4 is 19.7 Å². The molecule has 0 saturated heterocycles. The highest BCUT2D eigenvalue weighted by atomic mass is 16.7. The van der Waals surface area contributed by atoms with E-state index in [1.165, 1.54) is 4.90 Å². The van der Waals surface area contributed by atoms with Gasteiger partial charge in [0.15, 0.2) is 11.5 Å². The van der Waals surface area contributed by atoms with Gasteiger partial charge in [0.25, 0.3) is 0 Å². The number of fused-ring (bicyclic) bond motifs is 1. The molecule has 130 valence electrons. The third-order valence-corrected chi connectivity index (χ3v) is 4.18. The summed E-state index contributed by atoms with van der Waals surface area (Å²) >= 11 is 0. The number of anilines is 2. The number of carbonyl (C=O) groups excluding carboxylic acids is 2. The molecule has 1 aliphatic heterocycles. The molecule has 0 saturated carbocycles. The number of hydrogen-bond acceptors (Lipinski definition) is 4. The zero-order valence-corrected chi connectivity index (χ0v) is 14.4. The van der Waals surface area contributed by atoms with Crippen LogP contribution in [0.4, 0.5) is 11.4 Å². The van der Waals surface area contributed by atoms with Gasteiger partial charge in [0.1, 0.15) is 5.41 Å². The van der Waals surface area contributed by atoms with Crippen molar-refractivity contribution in [2.75, 3.05) is 24.1 Å². The van der Waals surface area contributed by atoms with E-state index < -0.39 is 5.41 Å². The molecule has 2 aromatic rings. The quantitative estimate of drug-likeness (QED) is 0.869. The van der Waals surface area contributed by atoms with Gasteiger partial charge in [-0.25, -0.2) is 0 Å². The van der Waals surface area contributed by atoms with Crippen molar-refractivity contribution in [2.24, 2.45) is 5.41 Å². The lowest BCUT2D eigenvalue weighted by atomic mass is 9.90. The highest BCUT2D eigenvalue weighted by Crippen LogP contribution is 2.35. The van der Waals surface area contributed by atoms with Gasteiger partial charge >= 0.3 is 0 Å². The van der Waals surface area contributed by atoms with Gasteiger partial charge in [-0.05, 0) is 38.1 Å². The van der Waals surface area contributed by atoms with E-state index >= 15 is 0 Å². The van der Waals surface area contributed by atoms with Crippen LogP contribution in [-0.4, -0.2) is 25.7 Å². The number of hydrogen-bond donors (Lipinski definition) is 1. The van der Waals surface area contributed by atoms with E-state index in [1.807, 2.05) is 30.3 Å². The monoisotopic (exact) mass is 340 g/mol. The molecule has 0 aliphatic carbocycles. The van der Waals surface area contributed by atoms with Gasteiger partial charge in [-0.3, -0.25) is 9.59 Å². The fraction of sp³-hybridized carbons (Fsp3) is 0.263. The van der Waals surface area contributed by atoms with Gasteiger partial charge < -0.3 is 19.7 Å². The lowest BCUT2D eigenvalue weighted by molar-refractivity contribution is -0.136. The van der Waals surface area contributed by atoms with Crippen LogP contribution in [0.25, 0.3) is 0 Å². The molecule has 0 unspecified atom stereocenters. The SMILES string of the molecule is CN(C(=O)C(C)(C)C(=O)Nc1ccc2c(c1)OCO2)c1ccccc1. The van der Waals surface area contributed by atoms with E-state index in [2.05, 4.69) is 5.32 Å². The summed E-state index contributed by atoms with van der Waals surface area (Å²) in [5.41, 5.74) is 0.0509. The summed E-state index contributed by atoms with van der Waals surface area (Å²) < 4.78 is 10.5. The number of nitrogens with one attached hydrogen (secondary N) is 1. The minimum Gasteiger partial charge on any atom is -0.454 e. The van der Waals surface area contributed by atoms with Crippen LogP contribution in [0.15, 0.2) is 48.5 Å². The molecule has 6 nitrogen and oxygen atoms in total. The summed E-state index contributed by atoms with van der Waals surface area (Å²) in [5, 5.41) is 2.78. The molecular weight excluding hydrogens is 320 g/mol. The van der Waals surface area contributed by atoms with Gasteiger partial charge in [0.05, 0.1) is 0 Å². The zero-order chi connectivity index (χ0) is 18.0.